The average Bonchev–Trinajstić information content (AvgIpc) is 3.26. The molecule has 0 radical (unpaired) electrons. The number of hydrogen-bond donors (Lipinski definition) is 1. The number of thiazole rings is 1. The van der Waals surface area contributed by atoms with Gasteiger partial charge in [0.2, 0.25) is 0 Å². The van der Waals surface area contributed by atoms with Gasteiger partial charge in [0, 0.05) is 6.54 Å². The first-order chi connectivity index (χ1) is 12.2. The lowest BCUT2D eigenvalue weighted by atomic mass is 10.3. The first kappa shape index (κ1) is 17.1. The smallest absolute Gasteiger partial charge is 0.348 e. The van der Waals surface area contributed by atoms with Crippen molar-refractivity contribution >= 4 is 44.8 Å². The van der Waals surface area contributed by atoms with Crippen molar-refractivity contribution in [1.82, 2.24) is 10.3 Å². The predicted octanol–water partition coefficient (Wildman–Crippen LogP) is 3.21. The molecule has 0 saturated carbocycles. The molecule has 0 aliphatic heterocycles. The summed E-state index contributed by atoms with van der Waals surface area (Å²) in [6.07, 6.45) is 0.218. The number of rotatable bonds is 6. The van der Waals surface area contributed by atoms with Crippen molar-refractivity contribution in [2.45, 2.75) is 6.42 Å². The number of hydrogen-bond acceptors (Lipinski definition) is 7. The third-order valence-corrected chi connectivity index (χ3v) is 5.48. The number of amides is 1. The molecule has 126 valence electrons. The molecule has 6 nitrogen and oxygen atoms in total. The van der Waals surface area contributed by atoms with Crippen LogP contribution < -0.4 is 5.32 Å². The summed E-state index contributed by atoms with van der Waals surface area (Å²) in [4.78, 5) is 29.4. The molecule has 0 fully saturated rings. The molecule has 0 unspecified atom stereocenters. The fourth-order valence-corrected chi connectivity index (χ4v) is 3.97. The van der Waals surface area contributed by atoms with E-state index < -0.39 is 11.9 Å². The molecule has 1 N–H and O–H groups in total. The zero-order valence-corrected chi connectivity index (χ0v) is 14.7. The Morgan fingerprint density at radius 1 is 1.20 bits per heavy atom. The van der Waals surface area contributed by atoms with Crippen LogP contribution >= 0.6 is 22.7 Å². The number of nitrogens with one attached hydrogen (secondary N) is 1. The average molecular weight is 371 g/mol. The number of benzene rings is 1. The molecule has 0 atom stereocenters. The Morgan fingerprint density at radius 2 is 2.04 bits per heavy atom. The molecular weight excluding hydrogens is 358 g/mol. The largest absolute Gasteiger partial charge is 0.451 e. The maximum absolute atomic E-state index is 12.0. The lowest BCUT2D eigenvalue weighted by Crippen LogP contribution is -2.29. The molecule has 0 aliphatic rings. The van der Waals surface area contributed by atoms with Gasteiger partial charge >= 0.3 is 5.97 Å². The van der Waals surface area contributed by atoms with Gasteiger partial charge in [-0.15, -0.1) is 22.7 Å². The molecule has 3 aromatic rings. The minimum Gasteiger partial charge on any atom is -0.451 e. The lowest BCUT2D eigenvalue weighted by Gasteiger charge is -2.03. The van der Waals surface area contributed by atoms with E-state index in [1.165, 1.54) is 11.3 Å². The maximum Gasteiger partial charge on any atom is 0.348 e. The highest BCUT2D eigenvalue weighted by Crippen LogP contribution is 2.34. The summed E-state index contributed by atoms with van der Waals surface area (Å²) in [5.41, 5.74) is 0.925. The van der Waals surface area contributed by atoms with Crippen LogP contribution in [-0.4, -0.2) is 30.0 Å². The fraction of sp³-hybridized carbons (Fsp3) is 0.176. The molecule has 1 aromatic carbocycles. The van der Waals surface area contributed by atoms with Crippen molar-refractivity contribution in [3.05, 3.63) is 41.3 Å². The number of fused-ring (bicyclic) bond motifs is 1. The number of nitrogens with zero attached hydrogens (tertiary/aromatic N) is 2. The van der Waals surface area contributed by atoms with Gasteiger partial charge in [0.05, 0.1) is 27.6 Å². The highest BCUT2D eigenvalue weighted by atomic mass is 32.1. The Bertz CT molecular complexity index is 922. The summed E-state index contributed by atoms with van der Waals surface area (Å²) in [6.45, 7) is -0.119. The summed E-state index contributed by atoms with van der Waals surface area (Å²) in [6, 6.07) is 13.3. The van der Waals surface area contributed by atoms with Crippen LogP contribution in [-0.2, 0) is 9.53 Å². The number of para-hydroxylation sites is 1. The van der Waals surface area contributed by atoms with Gasteiger partial charge in [0.15, 0.2) is 6.61 Å². The van der Waals surface area contributed by atoms with E-state index in [9.17, 15) is 9.59 Å². The van der Waals surface area contributed by atoms with E-state index in [0.717, 1.165) is 20.1 Å². The lowest BCUT2D eigenvalue weighted by molar-refractivity contribution is -0.124. The number of ether oxygens (including phenoxy) is 1. The van der Waals surface area contributed by atoms with Crippen molar-refractivity contribution < 1.29 is 14.3 Å². The normalized spacial score (nSPS) is 10.4. The van der Waals surface area contributed by atoms with Crippen LogP contribution in [0.15, 0.2) is 36.4 Å². The Labute approximate surface area is 151 Å². The van der Waals surface area contributed by atoms with Gasteiger partial charge in [0.25, 0.3) is 5.91 Å². The second kappa shape index (κ2) is 7.88. The van der Waals surface area contributed by atoms with E-state index in [1.54, 1.807) is 17.4 Å². The molecule has 2 heterocycles. The first-order valence-corrected chi connectivity index (χ1v) is 9.07. The molecule has 3 rings (SSSR count). The molecule has 0 aliphatic carbocycles. The molecule has 1 amide bonds. The van der Waals surface area contributed by atoms with Crippen LogP contribution in [0.4, 0.5) is 0 Å². The summed E-state index contributed by atoms with van der Waals surface area (Å²) >= 11 is 2.84. The zero-order valence-electron chi connectivity index (χ0n) is 13.0. The van der Waals surface area contributed by atoms with Crippen molar-refractivity contribution in [2.24, 2.45) is 0 Å². The highest BCUT2D eigenvalue weighted by molar-refractivity contribution is 7.26. The number of carbonyl (C=O) groups is 2. The van der Waals surface area contributed by atoms with Crippen LogP contribution in [0.2, 0.25) is 0 Å². The number of esters is 1. The number of aromatic nitrogens is 1. The highest BCUT2D eigenvalue weighted by Gasteiger charge is 2.15. The monoisotopic (exact) mass is 371 g/mol. The summed E-state index contributed by atoms with van der Waals surface area (Å²) in [5.74, 6) is -0.973. The van der Waals surface area contributed by atoms with Crippen LogP contribution in [0.25, 0.3) is 20.1 Å². The number of thiophene rings is 1. The third kappa shape index (κ3) is 4.21. The Hall–Kier alpha value is -2.76. The van der Waals surface area contributed by atoms with Gasteiger partial charge < -0.3 is 10.1 Å². The van der Waals surface area contributed by atoms with Crippen molar-refractivity contribution in [1.29, 1.82) is 5.26 Å². The van der Waals surface area contributed by atoms with Crippen molar-refractivity contribution in [2.75, 3.05) is 13.2 Å². The van der Waals surface area contributed by atoms with E-state index in [0.29, 0.717) is 4.88 Å². The number of carbonyl (C=O) groups excluding carboxylic acids is 2. The molecule has 25 heavy (non-hydrogen) atoms. The Kier molecular flexibility index (Phi) is 5.38. The van der Waals surface area contributed by atoms with Crippen molar-refractivity contribution in [3.63, 3.8) is 0 Å². The minimum atomic E-state index is -0.548. The SMILES string of the molecule is N#CCCNC(=O)COC(=O)c1ccc(-c2nc3ccccc3s2)s1. The molecule has 2 aromatic heterocycles. The van der Waals surface area contributed by atoms with Gasteiger partial charge in [-0.05, 0) is 24.3 Å². The van der Waals surface area contributed by atoms with Crippen LogP contribution in [0.1, 0.15) is 16.1 Å². The van der Waals surface area contributed by atoms with E-state index in [4.69, 9.17) is 10.00 Å². The first-order valence-electron chi connectivity index (χ1n) is 7.44. The predicted molar refractivity (Wildman–Crippen MR) is 96.5 cm³/mol. The summed E-state index contributed by atoms with van der Waals surface area (Å²) in [7, 11) is 0. The van der Waals surface area contributed by atoms with Crippen LogP contribution in [0, 0.1) is 11.3 Å². The van der Waals surface area contributed by atoms with Gasteiger partial charge in [-0.1, -0.05) is 12.1 Å². The van der Waals surface area contributed by atoms with E-state index >= 15 is 0 Å². The molecular formula is C17H13N3O3S2. The minimum absolute atomic E-state index is 0.218. The Balaban J connectivity index is 1.62. The van der Waals surface area contributed by atoms with Gasteiger partial charge in [-0.2, -0.15) is 5.26 Å². The van der Waals surface area contributed by atoms with E-state index in [-0.39, 0.29) is 19.6 Å². The third-order valence-electron chi connectivity index (χ3n) is 3.21. The fourth-order valence-electron chi connectivity index (χ4n) is 2.05. The van der Waals surface area contributed by atoms with Crippen LogP contribution in [0.3, 0.4) is 0 Å². The van der Waals surface area contributed by atoms with Crippen LogP contribution in [0.5, 0.6) is 0 Å². The van der Waals surface area contributed by atoms with E-state index in [2.05, 4.69) is 10.3 Å². The second-order valence-electron chi connectivity index (χ2n) is 4.98. The van der Waals surface area contributed by atoms with Gasteiger partial charge in [-0.25, -0.2) is 9.78 Å². The molecule has 8 heteroatoms. The zero-order chi connectivity index (χ0) is 17.6. The number of nitriles is 1. The standard InChI is InChI=1S/C17H13N3O3S2/c18-8-3-9-19-15(21)10-23-17(22)14-7-6-13(24-14)16-20-11-4-1-2-5-12(11)25-16/h1-2,4-7H,3,9-10H2,(H,19,21). The Morgan fingerprint density at radius 3 is 2.84 bits per heavy atom. The van der Waals surface area contributed by atoms with Crippen molar-refractivity contribution in [3.8, 4) is 16.0 Å². The second-order valence-corrected chi connectivity index (χ2v) is 7.10. The van der Waals surface area contributed by atoms with Gasteiger partial charge in [0.1, 0.15) is 9.88 Å². The molecule has 0 saturated heterocycles. The maximum atomic E-state index is 12.0. The summed E-state index contributed by atoms with van der Waals surface area (Å²) in [5, 5.41) is 11.7. The topological polar surface area (TPSA) is 92.1 Å². The van der Waals surface area contributed by atoms with E-state index in [1.807, 2.05) is 36.4 Å². The quantitative estimate of drug-likeness (QED) is 0.530. The van der Waals surface area contributed by atoms with Gasteiger partial charge in [-0.3, -0.25) is 4.79 Å². The summed E-state index contributed by atoms with van der Waals surface area (Å²) < 4.78 is 6.08. The molecule has 0 spiro atoms. The molecule has 0 bridgehead atoms.